The molecule has 1 aliphatic heterocycles. The smallest absolute Gasteiger partial charge is 0.248 e. The van der Waals surface area contributed by atoms with Gasteiger partial charge < -0.3 is 4.74 Å². The Hall–Kier alpha value is -2.18. The SMILES string of the molecule is O=C(CSc1ccc(Cl)cc1)NNC(=O)Cc1ccc2c(c1)CCO2. The van der Waals surface area contributed by atoms with Crippen LogP contribution in [0.25, 0.3) is 0 Å². The molecule has 1 aliphatic rings. The van der Waals surface area contributed by atoms with Crippen molar-refractivity contribution in [2.45, 2.75) is 17.7 Å². The molecule has 0 saturated heterocycles. The minimum atomic E-state index is -0.268. The zero-order valence-corrected chi connectivity index (χ0v) is 15.0. The molecule has 0 atom stereocenters. The van der Waals surface area contributed by atoms with Crippen LogP contribution in [-0.4, -0.2) is 24.2 Å². The van der Waals surface area contributed by atoms with Gasteiger partial charge in [0.05, 0.1) is 18.8 Å². The number of hydrogen-bond acceptors (Lipinski definition) is 4. The summed E-state index contributed by atoms with van der Waals surface area (Å²) in [6, 6.07) is 12.9. The molecule has 0 spiro atoms. The molecule has 0 saturated carbocycles. The maximum absolute atomic E-state index is 12.0. The van der Waals surface area contributed by atoms with Gasteiger partial charge in [0, 0.05) is 16.3 Å². The van der Waals surface area contributed by atoms with E-state index in [-0.39, 0.29) is 24.0 Å². The molecule has 130 valence electrons. The fourth-order valence-corrected chi connectivity index (χ4v) is 3.26. The molecule has 0 fully saturated rings. The van der Waals surface area contributed by atoms with E-state index in [0.29, 0.717) is 11.6 Å². The number of carbonyl (C=O) groups excluding carboxylic acids is 2. The Labute approximate surface area is 155 Å². The largest absolute Gasteiger partial charge is 0.493 e. The summed E-state index contributed by atoms with van der Waals surface area (Å²) in [5.74, 6) is 0.564. The molecule has 0 radical (unpaired) electrons. The second kappa shape index (κ2) is 8.27. The summed E-state index contributed by atoms with van der Waals surface area (Å²) in [5, 5.41) is 0.652. The topological polar surface area (TPSA) is 67.4 Å². The monoisotopic (exact) mass is 376 g/mol. The quantitative estimate of drug-likeness (QED) is 0.622. The lowest BCUT2D eigenvalue weighted by atomic mass is 10.1. The molecule has 0 aromatic heterocycles. The first-order chi connectivity index (χ1) is 12.1. The molecule has 2 aromatic carbocycles. The van der Waals surface area contributed by atoms with E-state index in [1.807, 2.05) is 30.3 Å². The van der Waals surface area contributed by atoms with Gasteiger partial charge in [-0.25, -0.2) is 0 Å². The van der Waals surface area contributed by atoms with Gasteiger partial charge in [-0.05, 0) is 41.5 Å². The zero-order valence-electron chi connectivity index (χ0n) is 13.4. The van der Waals surface area contributed by atoms with Gasteiger partial charge >= 0.3 is 0 Å². The normalized spacial score (nSPS) is 12.2. The minimum Gasteiger partial charge on any atom is -0.493 e. The van der Waals surface area contributed by atoms with Crippen LogP contribution >= 0.6 is 23.4 Å². The highest BCUT2D eigenvalue weighted by molar-refractivity contribution is 8.00. The zero-order chi connectivity index (χ0) is 17.6. The highest BCUT2D eigenvalue weighted by Crippen LogP contribution is 2.26. The van der Waals surface area contributed by atoms with E-state index in [4.69, 9.17) is 16.3 Å². The van der Waals surface area contributed by atoms with Crippen molar-refractivity contribution < 1.29 is 14.3 Å². The van der Waals surface area contributed by atoms with E-state index in [2.05, 4.69) is 10.9 Å². The van der Waals surface area contributed by atoms with Crippen LogP contribution in [0.5, 0.6) is 5.75 Å². The lowest BCUT2D eigenvalue weighted by Gasteiger charge is -2.08. The summed E-state index contributed by atoms with van der Waals surface area (Å²) in [4.78, 5) is 24.7. The lowest BCUT2D eigenvalue weighted by Crippen LogP contribution is -2.43. The average molecular weight is 377 g/mol. The van der Waals surface area contributed by atoms with Gasteiger partial charge in [0.2, 0.25) is 11.8 Å². The maximum atomic E-state index is 12.0. The number of thioether (sulfide) groups is 1. The van der Waals surface area contributed by atoms with Crippen molar-refractivity contribution in [3.63, 3.8) is 0 Å². The molecule has 2 aromatic rings. The number of halogens is 1. The maximum Gasteiger partial charge on any atom is 0.248 e. The number of ether oxygens (including phenoxy) is 1. The fraction of sp³-hybridized carbons (Fsp3) is 0.222. The molecule has 5 nitrogen and oxygen atoms in total. The van der Waals surface area contributed by atoms with Crippen molar-refractivity contribution in [1.82, 2.24) is 10.9 Å². The molecule has 7 heteroatoms. The molecule has 2 N–H and O–H groups in total. The van der Waals surface area contributed by atoms with Crippen LogP contribution in [0, 0.1) is 0 Å². The highest BCUT2D eigenvalue weighted by Gasteiger charge is 2.13. The van der Waals surface area contributed by atoms with Gasteiger partial charge in [0.25, 0.3) is 0 Å². The van der Waals surface area contributed by atoms with Gasteiger partial charge in [-0.15, -0.1) is 11.8 Å². The van der Waals surface area contributed by atoms with Crippen LogP contribution in [0.3, 0.4) is 0 Å². The third-order valence-electron chi connectivity index (χ3n) is 3.64. The van der Waals surface area contributed by atoms with Crippen LogP contribution in [0.2, 0.25) is 5.02 Å². The first-order valence-corrected chi connectivity index (χ1v) is 9.17. The van der Waals surface area contributed by atoms with Gasteiger partial charge in [-0.3, -0.25) is 20.4 Å². The third-order valence-corrected chi connectivity index (χ3v) is 4.91. The number of fused-ring (bicyclic) bond motifs is 1. The van der Waals surface area contributed by atoms with E-state index in [1.54, 1.807) is 12.1 Å². The summed E-state index contributed by atoms with van der Waals surface area (Å²) < 4.78 is 5.44. The summed E-state index contributed by atoms with van der Waals surface area (Å²) in [6.45, 7) is 0.687. The Bertz CT molecular complexity index is 780. The first kappa shape index (κ1) is 17.6. The molecule has 3 rings (SSSR count). The standard InChI is InChI=1S/C18H17ClN2O3S/c19-14-2-4-15(5-3-14)25-11-18(23)21-20-17(22)10-12-1-6-16-13(9-12)7-8-24-16/h1-6,9H,7-8,10-11H2,(H,20,22)(H,21,23). The molecular formula is C18H17ClN2O3S. The third kappa shape index (κ3) is 5.14. The molecular weight excluding hydrogens is 360 g/mol. The molecule has 0 aliphatic carbocycles. The Balaban J connectivity index is 1.41. The number of benzene rings is 2. The van der Waals surface area contributed by atoms with Crippen LogP contribution < -0.4 is 15.6 Å². The van der Waals surface area contributed by atoms with Crippen molar-refractivity contribution in [1.29, 1.82) is 0 Å². The molecule has 2 amide bonds. The number of nitrogens with one attached hydrogen (secondary N) is 2. The Morgan fingerprint density at radius 3 is 2.64 bits per heavy atom. The van der Waals surface area contributed by atoms with Gasteiger partial charge in [-0.1, -0.05) is 23.7 Å². The Morgan fingerprint density at radius 1 is 1.08 bits per heavy atom. The lowest BCUT2D eigenvalue weighted by molar-refractivity contribution is -0.127. The van der Waals surface area contributed by atoms with Crippen LogP contribution in [0.4, 0.5) is 0 Å². The Morgan fingerprint density at radius 2 is 1.84 bits per heavy atom. The predicted octanol–water partition coefficient (Wildman–Crippen LogP) is 2.76. The summed E-state index contributed by atoms with van der Waals surface area (Å²) >= 11 is 7.18. The van der Waals surface area contributed by atoms with Crippen molar-refractivity contribution in [2.24, 2.45) is 0 Å². The number of rotatable bonds is 5. The second-order valence-electron chi connectivity index (χ2n) is 5.56. The number of hydrogen-bond donors (Lipinski definition) is 2. The number of carbonyl (C=O) groups is 2. The van der Waals surface area contributed by atoms with E-state index in [0.717, 1.165) is 28.2 Å². The second-order valence-corrected chi connectivity index (χ2v) is 7.04. The van der Waals surface area contributed by atoms with Gasteiger partial charge in [0.1, 0.15) is 5.75 Å². The Kier molecular flexibility index (Phi) is 5.83. The number of amides is 2. The van der Waals surface area contributed by atoms with E-state index in [1.165, 1.54) is 11.8 Å². The van der Waals surface area contributed by atoms with Crippen LogP contribution in [-0.2, 0) is 22.4 Å². The molecule has 0 unspecified atom stereocenters. The van der Waals surface area contributed by atoms with E-state index < -0.39 is 0 Å². The van der Waals surface area contributed by atoms with E-state index >= 15 is 0 Å². The van der Waals surface area contributed by atoms with Crippen molar-refractivity contribution >= 4 is 35.2 Å². The average Bonchev–Trinajstić information content (AvgIpc) is 3.07. The van der Waals surface area contributed by atoms with Crippen LogP contribution in [0.1, 0.15) is 11.1 Å². The van der Waals surface area contributed by atoms with Gasteiger partial charge in [-0.2, -0.15) is 0 Å². The van der Waals surface area contributed by atoms with Crippen molar-refractivity contribution in [3.8, 4) is 5.75 Å². The van der Waals surface area contributed by atoms with Crippen molar-refractivity contribution in [3.05, 3.63) is 58.6 Å². The summed E-state index contributed by atoms with van der Waals surface area (Å²) in [5.41, 5.74) is 6.88. The number of hydrazine groups is 1. The first-order valence-electron chi connectivity index (χ1n) is 7.81. The molecule has 25 heavy (non-hydrogen) atoms. The fourth-order valence-electron chi connectivity index (χ4n) is 2.43. The minimum absolute atomic E-state index is 0.206. The summed E-state index contributed by atoms with van der Waals surface area (Å²) in [7, 11) is 0. The van der Waals surface area contributed by atoms with E-state index in [9.17, 15) is 9.59 Å². The predicted molar refractivity (Wildman–Crippen MR) is 97.8 cm³/mol. The highest BCUT2D eigenvalue weighted by atomic mass is 35.5. The molecule has 0 bridgehead atoms. The molecule has 1 heterocycles. The van der Waals surface area contributed by atoms with Crippen molar-refractivity contribution in [2.75, 3.05) is 12.4 Å². The van der Waals surface area contributed by atoms with Gasteiger partial charge in [0.15, 0.2) is 0 Å². The summed E-state index contributed by atoms with van der Waals surface area (Å²) in [6.07, 6.45) is 1.07. The van der Waals surface area contributed by atoms with Crippen LogP contribution in [0.15, 0.2) is 47.4 Å².